The quantitative estimate of drug-likeness (QED) is 0.541. The third-order valence-corrected chi connectivity index (χ3v) is 6.04. The maximum absolute atomic E-state index is 13.3. The highest BCUT2D eigenvalue weighted by Gasteiger charge is 2.42. The molecule has 3 aromatic heterocycles. The molecule has 4 heterocycles. The fourth-order valence-electron chi connectivity index (χ4n) is 3.76. The molecule has 0 spiro atoms. The molecule has 0 radical (unpaired) electrons. The number of nitrogens with zero attached hydrogens (tertiary/aromatic N) is 3. The van der Waals surface area contributed by atoms with E-state index in [9.17, 15) is 4.79 Å². The summed E-state index contributed by atoms with van der Waals surface area (Å²) in [5.41, 5.74) is 4.21. The van der Waals surface area contributed by atoms with Gasteiger partial charge >= 0.3 is 0 Å². The summed E-state index contributed by atoms with van der Waals surface area (Å²) >= 11 is 1.64. The Kier molecular flexibility index (Phi) is 4.37. The molecule has 1 unspecified atom stereocenters. The van der Waals surface area contributed by atoms with Gasteiger partial charge < -0.3 is 9.64 Å². The van der Waals surface area contributed by atoms with Crippen LogP contribution < -0.4 is 4.74 Å². The second-order valence-corrected chi connectivity index (χ2v) is 7.78. The van der Waals surface area contributed by atoms with E-state index >= 15 is 0 Å². The normalized spacial score (nSPS) is 15.6. The smallest absolute Gasteiger partial charge is 0.273 e. The van der Waals surface area contributed by atoms with Gasteiger partial charge in [0, 0.05) is 34.9 Å². The number of benzene rings is 1. The first-order chi connectivity index (χ1) is 14.3. The number of methoxy groups -OCH3 is 1. The van der Waals surface area contributed by atoms with Crippen molar-refractivity contribution in [2.24, 2.45) is 0 Å². The maximum atomic E-state index is 13.3. The van der Waals surface area contributed by atoms with Gasteiger partial charge in [-0.1, -0.05) is 12.1 Å². The summed E-state index contributed by atoms with van der Waals surface area (Å²) in [5.74, 6) is 0.736. The van der Waals surface area contributed by atoms with Gasteiger partial charge in [-0.3, -0.25) is 14.9 Å². The Balaban J connectivity index is 1.61. The number of carbonyl (C=O) groups excluding carboxylic acids is 1. The van der Waals surface area contributed by atoms with Crippen molar-refractivity contribution in [2.75, 3.05) is 7.11 Å². The molecule has 1 aromatic carbocycles. The molecular formula is C22H18N4O2S. The van der Waals surface area contributed by atoms with Crippen molar-refractivity contribution >= 4 is 17.2 Å². The van der Waals surface area contributed by atoms with E-state index in [1.54, 1.807) is 30.8 Å². The third kappa shape index (κ3) is 3.00. The Bertz CT molecular complexity index is 1140. The van der Waals surface area contributed by atoms with E-state index in [1.165, 1.54) is 0 Å². The number of hydrogen-bond donors (Lipinski definition) is 1. The predicted octanol–water partition coefficient (Wildman–Crippen LogP) is 4.29. The van der Waals surface area contributed by atoms with Gasteiger partial charge in [0.2, 0.25) is 0 Å². The molecule has 7 heteroatoms. The molecule has 0 saturated heterocycles. The molecule has 29 heavy (non-hydrogen) atoms. The van der Waals surface area contributed by atoms with Crippen molar-refractivity contribution in [3.63, 3.8) is 0 Å². The predicted molar refractivity (Wildman–Crippen MR) is 111 cm³/mol. The molecule has 1 atom stereocenters. The van der Waals surface area contributed by atoms with Crippen LogP contribution in [0.3, 0.4) is 0 Å². The molecule has 1 amide bonds. The topological polar surface area (TPSA) is 71.1 Å². The first-order valence-electron chi connectivity index (χ1n) is 9.22. The van der Waals surface area contributed by atoms with Crippen molar-refractivity contribution < 1.29 is 9.53 Å². The number of aromatic amines is 1. The van der Waals surface area contributed by atoms with E-state index in [-0.39, 0.29) is 11.9 Å². The first kappa shape index (κ1) is 17.6. The van der Waals surface area contributed by atoms with Gasteiger partial charge in [0.15, 0.2) is 0 Å². The minimum Gasteiger partial charge on any atom is -0.497 e. The van der Waals surface area contributed by atoms with Gasteiger partial charge in [0.05, 0.1) is 18.8 Å². The van der Waals surface area contributed by atoms with Crippen molar-refractivity contribution in [1.82, 2.24) is 20.1 Å². The van der Waals surface area contributed by atoms with Crippen LogP contribution in [0.2, 0.25) is 0 Å². The zero-order chi connectivity index (χ0) is 19.8. The van der Waals surface area contributed by atoms with Crippen LogP contribution in [0, 0.1) is 0 Å². The molecule has 0 aliphatic carbocycles. The molecular weight excluding hydrogens is 384 g/mol. The number of pyridine rings is 1. The molecule has 5 rings (SSSR count). The minimum absolute atomic E-state index is 0.0467. The van der Waals surface area contributed by atoms with Crippen LogP contribution >= 0.6 is 11.3 Å². The Hall–Kier alpha value is -3.45. The van der Waals surface area contributed by atoms with Crippen LogP contribution in [0.25, 0.3) is 11.3 Å². The van der Waals surface area contributed by atoms with E-state index in [1.807, 2.05) is 52.7 Å². The zero-order valence-electron chi connectivity index (χ0n) is 15.7. The maximum Gasteiger partial charge on any atom is 0.273 e. The highest BCUT2D eigenvalue weighted by molar-refractivity contribution is 7.10. The standard InChI is InChI=1S/C22H18N4O2S/c1-28-16-8-6-15(7-9-16)19-18-20(25-24-19)22(27)26(13-14-4-2-10-23-12-14)21(18)17-5-3-11-29-17/h2-12,21H,13H2,1H3,(H,24,25). The first-order valence-corrected chi connectivity index (χ1v) is 10.1. The lowest BCUT2D eigenvalue weighted by Gasteiger charge is -2.25. The average molecular weight is 402 g/mol. The summed E-state index contributed by atoms with van der Waals surface area (Å²) in [6.07, 6.45) is 3.54. The Labute approximate surface area is 171 Å². The van der Waals surface area contributed by atoms with Crippen molar-refractivity contribution in [3.8, 4) is 17.0 Å². The number of ether oxygens (including phenoxy) is 1. The van der Waals surface area contributed by atoms with Gasteiger partial charge in [-0.2, -0.15) is 5.10 Å². The van der Waals surface area contributed by atoms with Crippen LogP contribution in [0.1, 0.15) is 32.5 Å². The van der Waals surface area contributed by atoms with Gasteiger partial charge in [-0.25, -0.2) is 0 Å². The summed E-state index contributed by atoms with van der Waals surface area (Å²) in [6.45, 7) is 0.486. The van der Waals surface area contributed by atoms with E-state index in [2.05, 4.69) is 21.2 Å². The second kappa shape index (κ2) is 7.18. The van der Waals surface area contributed by atoms with Crippen molar-refractivity contribution in [2.45, 2.75) is 12.6 Å². The molecule has 1 aliphatic rings. The number of carbonyl (C=O) groups is 1. The lowest BCUT2D eigenvalue weighted by molar-refractivity contribution is 0.0732. The number of hydrogen-bond acceptors (Lipinski definition) is 5. The number of fused-ring (bicyclic) bond motifs is 1. The second-order valence-electron chi connectivity index (χ2n) is 6.80. The Morgan fingerprint density at radius 2 is 2.03 bits per heavy atom. The van der Waals surface area contributed by atoms with Crippen LogP contribution in [-0.2, 0) is 6.54 Å². The lowest BCUT2D eigenvalue weighted by atomic mass is 10.0. The summed E-state index contributed by atoms with van der Waals surface area (Å²) in [6, 6.07) is 15.5. The average Bonchev–Trinajstić information content (AvgIpc) is 3.49. The van der Waals surface area contributed by atoms with Crippen LogP contribution in [0.15, 0.2) is 66.3 Å². The van der Waals surface area contributed by atoms with E-state index in [0.29, 0.717) is 12.2 Å². The summed E-state index contributed by atoms with van der Waals surface area (Å²) < 4.78 is 5.26. The number of amides is 1. The van der Waals surface area contributed by atoms with Crippen molar-refractivity contribution in [1.29, 1.82) is 0 Å². The largest absolute Gasteiger partial charge is 0.497 e. The molecule has 6 nitrogen and oxygen atoms in total. The van der Waals surface area contributed by atoms with E-state index in [4.69, 9.17) is 4.74 Å². The molecule has 0 fully saturated rings. The third-order valence-electron chi connectivity index (χ3n) is 5.12. The molecule has 1 aliphatic heterocycles. The van der Waals surface area contributed by atoms with Gasteiger partial charge in [0.1, 0.15) is 11.4 Å². The van der Waals surface area contributed by atoms with E-state index < -0.39 is 0 Å². The number of rotatable bonds is 5. The zero-order valence-corrected chi connectivity index (χ0v) is 16.5. The molecule has 0 bridgehead atoms. The molecule has 1 N–H and O–H groups in total. The monoisotopic (exact) mass is 402 g/mol. The van der Waals surface area contributed by atoms with Crippen LogP contribution in [0.5, 0.6) is 5.75 Å². The SMILES string of the molecule is COc1ccc(-c2n[nH]c3c2C(c2cccs2)N(Cc2cccnc2)C3=O)cc1. The summed E-state index contributed by atoms with van der Waals surface area (Å²) in [5, 5.41) is 9.52. The number of thiophene rings is 1. The Morgan fingerprint density at radius 1 is 1.17 bits per heavy atom. The molecule has 4 aromatic rings. The highest BCUT2D eigenvalue weighted by Crippen LogP contribution is 2.44. The van der Waals surface area contributed by atoms with Gasteiger partial charge in [-0.15, -0.1) is 11.3 Å². The van der Waals surface area contributed by atoms with E-state index in [0.717, 1.165) is 33.0 Å². The minimum atomic E-state index is -0.187. The summed E-state index contributed by atoms with van der Waals surface area (Å²) in [4.78, 5) is 20.5. The van der Waals surface area contributed by atoms with Crippen molar-refractivity contribution in [3.05, 3.63) is 88.0 Å². The van der Waals surface area contributed by atoms with Gasteiger partial charge in [0.25, 0.3) is 5.91 Å². The summed E-state index contributed by atoms with van der Waals surface area (Å²) in [7, 11) is 1.64. The number of H-pyrrole nitrogens is 1. The lowest BCUT2D eigenvalue weighted by Crippen LogP contribution is -2.28. The number of aromatic nitrogens is 3. The molecule has 144 valence electrons. The Morgan fingerprint density at radius 3 is 2.72 bits per heavy atom. The number of nitrogens with one attached hydrogen (secondary N) is 1. The molecule has 0 saturated carbocycles. The fraction of sp³-hybridized carbons (Fsp3) is 0.136. The van der Waals surface area contributed by atoms with Crippen LogP contribution in [-0.4, -0.2) is 33.1 Å². The fourth-order valence-corrected chi connectivity index (χ4v) is 4.61. The van der Waals surface area contributed by atoms with Gasteiger partial charge in [-0.05, 0) is 47.3 Å². The van der Waals surface area contributed by atoms with Crippen LogP contribution in [0.4, 0.5) is 0 Å². The highest BCUT2D eigenvalue weighted by atomic mass is 32.1.